The minimum absolute atomic E-state index is 0.0853. The summed E-state index contributed by atoms with van der Waals surface area (Å²) < 4.78 is 0. The first-order valence-electron chi connectivity index (χ1n) is 5.43. The van der Waals surface area contributed by atoms with Gasteiger partial charge in [-0.1, -0.05) is 40.0 Å². The smallest absolute Gasteiger partial charge is 0.0611 e. The average Bonchev–Trinajstić information content (AvgIpc) is 2.13. The average molecular weight is 187 g/mol. The molecule has 0 heterocycles. The van der Waals surface area contributed by atoms with Gasteiger partial charge in [0.2, 0.25) is 0 Å². The maximum absolute atomic E-state index is 9.21. The zero-order valence-electron chi connectivity index (χ0n) is 9.51. The van der Waals surface area contributed by atoms with Gasteiger partial charge in [-0.2, -0.15) is 0 Å². The number of nitrogens with two attached hydrogens (primary N) is 1. The van der Waals surface area contributed by atoms with Crippen LogP contribution in [-0.2, 0) is 0 Å². The van der Waals surface area contributed by atoms with Gasteiger partial charge in [0.25, 0.3) is 0 Å². The molecule has 0 aromatic rings. The van der Waals surface area contributed by atoms with Gasteiger partial charge in [-0.3, -0.25) is 0 Å². The third-order valence-electron chi connectivity index (χ3n) is 3.25. The van der Waals surface area contributed by atoms with E-state index in [9.17, 15) is 5.11 Å². The van der Waals surface area contributed by atoms with Crippen LogP contribution < -0.4 is 5.73 Å². The summed E-state index contributed by atoms with van der Waals surface area (Å²) in [6.07, 6.45) is 3.36. The molecule has 2 heteroatoms. The minimum Gasteiger partial charge on any atom is -0.394 e. The third kappa shape index (κ3) is 3.28. The van der Waals surface area contributed by atoms with Gasteiger partial charge in [0, 0.05) is 5.54 Å². The summed E-state index contributed by atoms with van der Waals surface area (Å²) in [7, 11) is 0. The van der Waals surface area contributed by atoms with Gasteiger partial charge in [0.1, 0.15) is 0 Å². The first-order chi connectivity index (χ1) is 6.03. The number of hydrogen-bond acceptors (Lipinski definition) is 2. The van der Waals surface area contributed by atoms with E-state index in [1.807, 2.05) is 6.92 Å². The molecule has 0 radical (unpaired) electrons. The number of rotatable bonds is 6. The summed E-state index contributed by atoms with van der Waals surface area (Å²) in [6.45, 7) is 8.60. The molecule has 0 aromatic carbocycles. The summed E-state index contributed by atoms with van der Waals surface area (Å²) in [5, 5.41) is 9.21. The molecule has 80 valence electrons. The minimum atomic E-state index is -0.411. The van der Waals surface area contributed by atoms with Gasteiger partial charge in [-0.15, -0.1) is 0 Å². The molecule has 0 aliphatic heterocycles. The Morgan fingerprint density at radius 3 is 1.85 bits per heavy atom. The van der Waals surface area contributed by atoms with Crippen molar-refractivity contribution in [1.29, 1.82) is 0 Å². The van der Waals surface area contributed by atoms with Gasteiger partial charge in [-0.05, 0) is 18.8 Å². The van der Waals surface area contributed by atoms with Crippen LogP contribution in [0.15, 0.2) is 0 Å². The van der Waals surface area contributed by atoms with Gasteiger partial charge in [0.05, 0.1) is 6.61 Å². The van der Waals surface area contributed by atoms with E-state index in [1.165, 1.54) is 0 Å². The third-order valence-corrected chi connectivity index (χ3v) is 3.25. The molecule has 0 aromatic heterocycles. The molecule has 0 spiro atoms. The van der Waals surface area contributed by atoms with Crippen LogP contribution in [0, 0.1) is 11.8 Å². The first kappa shape index (κ1) is 12.9. The van der Waals surface area contributed by atoms with E-state index in [2.05, 4.69) is 20.8 Å². The fraction of sp³-hybridized carbons (Fsp3) is 1.00. The summed E-state index contributed by atoms with van der Waals surface area (Å²) >= 11 is 0. The number of aliphatic hydroxyl groups excluding tert-OH is 1. The van der Waals surface area contributed by atoms with Crippen molar-refractivity contribution in [3.63, 3.8) is 0 Å². The lowest BCUT2D eigenvalue weighted by Gasteiger charge is -2.37. The van der Waals surface area contributed by atoms with E-state index in [0.29, 0.717) is 11.8 Å². The highest BCUT2D eigenvalue weighted by Crippen LogP contribution is 2.30. The summed E-state index contributed by atoms with van der Waals surface area (Å²) in [5.74, 6) is 1.08. The van der Waals surface area contributed by atoms with Gasteiger partial charge >= 0.3 is 0 Å². The quantitative estimate of drug-likeness (QED) is 0.669. The predicted octanol–water partition coefficient (Wildman–Crippen LogP) is 2.16. The molecule has 2 atom stereocenters. The van der Waals surface area contributed by atoms with Crippen LogP contribution in [0.3, 0.4) is 0 Å². The fourth-order valence-electron chi connectivity index (χ4n) is 2.31. The molecule has 2 unspecified atom stereocenters. The monoisotopic (exact) mass is 187 g/mol. The maximum atomic E-state index is 9.21. The highest BCUT2D eigenvalue weighted by molar-refractivity contribution is 4.88. The predicted molar refractivity (Wildman–Crippen MR) is 57.5 cm³/mol. The second-order valence-electron chi connectivity index (χ2n) is 4.26. The van der Waals surface area contributed by atoms with E-state index in [0.717, 1.165) is 19.3 Å². The Morgan fingerprint density at radius 1 is 1.15 bits per heavy atom. The Hall–Kier alpha value is -0.0800. The van der Waals surface area contributed by atoms with E-state index in [4.69, 9.17) is 5.73 Å². The van der Waals surface area contributed by atoms with Crippen molar-refractivity contribution in [1.82, 2.24) is 0 Å². The lowest BCUT2D eigenvalue weighted by molar-refractivity contribution is 0.108. The fourth-order valence-corrected chi connectivity index (χ4v) is 2.31. The Morgan fingerprint density at radius 2 is 1.62 bits per heavy atom. The molecule has 0 rings (SSSR count). The second-order valence-corrected chi connectivity index (χ2v) is 4.26. The van der Waals surface area contributed by atoms with Crippen molar-refractivity contribution < 1.29 is 5.11 Å². The van der Waals surface area contributed by atoms with E-state index < -0.39 is 5.54 Å². The van der Waals surface area contributed by atoms with Crippen LogP contribution in [0.1, 0.15) is 47.0 Å². The highest BCUT2D eigenvalue weighted by atomic mass is 16.3. The molecule has 3 N–H and O–H groups in total. The normalized spacial score (nSPS) is 18.7. The van der Waals surface area contributed by atoms with Crippen LogP contribution in [0.4, 0.5) is 0 Å². The largest absolute Gasteiger partial charge is 0.394 e. The topological polar surface area (TPSA) is 46.2 Å². The summed E-state index contributed by atoms with van der Waals surface area (Å²) in [4.78, 5) is 0. The maximum Gasteiger partial charge on any atom is 0.0611 e. The van der Waals surface area contributed by atoms with E-state index in [-0.39, 0.29) is 6.61 Å². The Bertz CT molecular complexity index is 130. The number of hydrogen-bond donors (Lipinski definition) is 2. The lowest BCUT2D eigenvalue weighted by Crippen LogP contribution is -2.50. The van der Waals surface area contributed by atoms with Crippen molar-refractivity contribution in [2.75, 3.05) is 6.61 Å². The molecule has 2 nitrogen and oxygen atoms in total. The van der Waals surface area contributed by atoms with Crippen molar-refractivity contribution in [2.45, 2.75) is 52.5 Å². The molecular formula is C11H25NO. The van der Waals surface area contributed by atoms with Crippen molar-refractivity contribution in [2.24, 2.45) is 17.6 Å². The molecule has 0 bridgehead atoms. The molecule has 0 saturated heterocycles. The van der Waals surface area contributed by atoms with Gasteiger partial charge in [-0.25, -0.2) is 0 Å². The van der Waals surface area contributed by atoms with Crippen LogP contribution in [0.5, 0.6) is 0 Å². The van der Waals surface area contributed by atoms with Crippen molar-refractivity contribution >= 4 is 0 Å². The molecule has 0 saturated carbocycles. The van der Waals surface area contributed by atoms with E-state index in [1.54, 1.807) is 0 Å². The van der Waals surface area contributed by atoms with Gasteiger partial charge < -0.3 is 10.8 Å². The van der Waals surface area contributed by atoms with Crippen LogP contribution >= 0.6 is 0 Å². The van der Waals surface area contributed by atoms with Crippen molar-refractivity contribution in [3.05, 3.63) is 0 Å². The standard InChI is InChI=1S/C11H25NO/c1-5-9(6-2)10(7-3)11(4,12)8-13/h9-10,13H,5-8,12H2,1-4H3. The number of aliphatic hydroxyl groups is 1. The van der Waals surface area contributed by atoms with Gasteiger partial charge in [0.15, 0.2) is 0 Å². The Labute approximate surface area is 82.5 Å². The molecule has 0 fully saturated rings. The summed E-state index contributed by atoms with van der Waals surface area (Å²) in [5.41, 5.74) is 5.66. The second kappa shape index (κ2) is 5.61. The zero-order valence-corrected chi connectivity index (χ0v) is 9.51. The highest BCUT2D eigenvalue weighted by Gasteiger charge is 2.32. The van der Waals surface area contributed by atoms with Crippen LogP contribution in [0.25, 0.3) is 0 Å². The van der Waals surface area contributed by atoms with Crippen LogP contribution in [-0.4, -0.2) is 17.3 Å². The Balaban J connectivity index is 4.46. The molecule has 0 aliphatic rings. The Kier molecular flexibility index (Phi) is 5.57. The lowest BCUT2D eigenvalue weighted by atomic mass is 9.74. The van der Waals surface area contributed by atoms with E-state index >= 15 is 0 Å². The summed E-state index contributed by atoms with van der Waals surface area (Å²) in [6, 6.07) is 0. The molecule has 0 amide bonds. The molecule has 0 aliphatic carbocycles. The van der Waals surface area contributed by atoms with Crippen LogP contribution in [0.2, 0.25) is 0 Å². The molecule has 13 heavy (non-hydrogen) atoms. The first-order valence-corrected chi connectivity index (χ1v) is 5.43. The molecular weight excluding hydrogens is 162 g/mol. The zero-order chi connectivity index (χ0) is 10.5. The van der Waals surface area contributed by atoms with Crippen molar-refractivity contribution in [3.8, 4) is 0 Å². The SMILES string of the molecule is CCC(CC)C(CC)C(C)(N)CO.